The summed E-state index contributed by atoms with van der Waals surface area (Å²) in [6, 6.07) is 25.2. The second kappa shape index (κ2) is 12.3. The number of para-hydroxylation sites is 1. The maximum absolute atomic E-state index is 13.8. The van der Waals surface area contributed by atoms with Gasteiger partial charge in [0.05, 0.1) is 31.0 Å². The van der Waals surface area contributed by atoms with Crippen LogP contribution in [0.25, 0.3) is 21.7 Å². The largest absolute Gasteiger partial charge is 0.497 e. The van der Waals surface area contributed by atoms with Crippen molar-refractivity contribution in [1.82, 2.24) is 15.0 Å². The number of carbonyl (C=O) groups excluding carboxylic acids is 1. The van der Waals surface area contributed by atoms with Crippen molar-refractivity contribution in [1.29, 1.82) is 0 Å². The molecule has 0 aliphatic rings. The average Bonchev–Trinajstić information content (AvgIpc) is 3.05. The molecule has 6 aromatic rings. The van der Waals surface area contributed by atoms with Crippen LogP contribution in [0.5, 0.6) is 11.5 Å². The van der Waals surface area contributed by atoms with Gasteiger partial charge in [-0.3, -0.25) is 4.79 Å². The van der Waals surface area contributed by atoms with Crippen molar-refractivity contribution in [3.05, 3.63) is 114 Å². The molecule has 0 aliphatic carbocycles. The van der Waals surface area contributed by atoms with Gasteiger partial charge < -0.3 is 25.4 Å². The fourth-order valence-electron chi connectivity index (χ4n) is 5.17. The predicted octanol–water partition coefficient (Wildman–Crippen LogP) is 7.42. The monoisotopic (exact) mass is 584 g/mol. The Kier molecular flexibility index (Phi) is 7.92. The predicted molar refractivity (Wildman–Crippen MR) is 175 cm³/mol. The molecule has 220 valence electrons. The first-order chi connectivity index (χ1) is 21.4. The van der Waals surface area contributed by atoms with Crippen LogP contribution in [-0.4, -0.2) is 35.1 Å². The van der Waals surface area contributed by atoms with E-state index in [1.807, 2.05) is 79.7 Å². The molecule has 0 atom stereocenters. The zero-order chi connectivity index (χ0) is 30.6. The Labute approximate surface area is 255 Å². The quantitative estimate of drug-likeness (QED) is 0.161. The van der Waals surface area contributed by atoms with E-state index in [0.717, 1.165) is 38.7 Å². The van der Waals surface area contributed by atoms with E-state index in [4.69, 9.17) is 9.47 Å². The van der Waals surface area contributed by atoms with Gasteiger partial charge in [-0.2, -0.15) is 0 Å². The number of amides is 1. The molecule has 0 fully saturated rings. The Bertz CT molecular complexity index is 1990. The Morgan fingerprint density at radius 1 is 0.795 bits per heavy atom. The minimum absolute atomic E-state index is 0.266. The highest BCUT2D eigenvalue weighted by molar-refractivity contribution is 6.16. The van der Waals surface area contributed by atoms with Crippen LogP contribution in [0.1, 0.15) is 27.0 Å². The Hall–Kier alpha value is -5.70. The third-order valence-electron chi connectivity index (χ3n) is 7.56. The minimum atomic E-state index is -0.266. The number of benzene rings is 4. The smallest absolute Gasteiger partial charge is 0.257 e. The van der Waals surface area contributed by atoms with Crippen LogP contribution in [0.15, 0.2) is 91.4 Å². The second-order valence-corrected chi connectivity index (χ2v) is 10.4. The zero-order valence-electron chi connectivity index (χ0n) is 24.9. The van der Waals surface area contributed by atoms with E-state index in [1.54, 1.807) is 26.5 Å². The summed E-state index contributed by atoms with van der Waals surface area (Å²) in [5.41, 5.74) is 5.70. The molecule has 1 amide bonds. The molecule has 0 aliphatic heterocycles. The lowest BCUT2D eigenvalue weighted by Gasteiger charge is -2.16. The normalized spacial score (nSPS) is 10.9. The summed E-state index contributed by atoms with van der Waals surface area (Å²) in [7, 11) is 3.24. The summed E-state index contributed by atoms with van der Waals surface area (Å²) in [6.07, 6.45) is 3.21. The fraction of sp³-hybridized carbons (Fsp3) is 0.143. The number of ether oxygens (including phenoxy) is 2. The molecule has 3 N–H and O–H groups in total. The molecular weight excluding hydrogens is 552 g/mol. The van der Waals surface area contributed by atoms with Gasteiger partial charge in [-0.1, -0.05) is 35.9 Å². The summed E-state index contributed by atoms with van der Waals surface area (Å²) >= 11 is 0. The minimum Gasteiger partial charge on any atom is -0.497 e. The molecule has 4 aromatic carbocycles. The van der Waals surface area contributed by atoms with Gasteiger partial charge in [0.25, 0.3) is 5.91 Å². The highest BCUT2D eigenvalue weighted by Gasteiger charge is 2.17. The second-order valence-electron chi connectivity index (χ2n) is 10.4. The fourth-order valence-corrected chi connectivity index (χ4v) is 5.17. The van der Waals surface area contributed by atoms with E-state index in [9.17, 15) is 4.79 Å². The van der Waals surface area contributed by atoms with Crippen molar-refractivity contribution in [2.24, 2.45) is 0 Å². The lowest BCUT2D eigenvalue weighted by atomic mass is 10.0. The molecule has 0 spiro atoms. The number of nitrogens with zero attached hydrogens (tertiary/aromatic N) is 3. The Morgan fingerprint density at radius 3 is 2.43 bits per heavy atom. The lowest BCUT2D eigenvalue weighted by Crippen LogP contribution is -2.14. The van der Waals surface area contributed by atoms with E-state index in [2.05, 4.69) is 37.8 Å². The highest BCUT2D eigenvalue weighted by atomic mass is 16.5. The molecule has 2 heterocycles. The maximum atomic E-state index is 13.8. The first-order valence-corrected chi connectivity index (χ1v) is 14.2. The van der Waals surface area contributed by atoms with Crippen molar-refractivity contribution >= 4 is 50.6 Å². The van der Waals surface area contributed by atoms with Crippen molar-refractivity contribution < 1.29 is 14.3 Å². The van der Waals surface area contributed by atoms with Gasteiger partial charge >= 0.3 is 0 Å². The van der Waals surface area contributed by atoms with Crippen LogP contribution in [0.3, 0.4) is 0 Å². The molecule has 44 heavy (non-hydrogen) atoms. The van der Waals surface area contributed by atoms with Crippen LogP contribution in [0, 0.1) is 13.8 Å². The third kappa shape index (κ3) is 5.67. The van der Waals surface area contributed by atoms with Gasteiger partial charge in [-0.05, 0) is 61.9 Å². The first kappa shape index (κ1) is 28.4. The topological polar surface area (TPSA) is 110 Å². The van der Waals surface area contributed by atoms with Crippen molar-refractivity contribution in [3.63, 3.8) is 0 Å². The third-order valence-corrected chi connectivity index (χ3v) is 7.56. The van der Waals surface area contributed by atoms with Gasteiger partial charge in [-0.15, -0.1) is 0 Å². The van der Waals surface area contributed by atoms with Crippen molar-refractivity contribution in [2.75, 3.05) is 30.2 Å². The maximum Gasteiger partial charge on any atom is 0.257 e. The number of methoxy groups -OCH3 is 2. The number of pyridine rings is 1. The lowest BCUT2D eigenvalue weighted by molar-refractivity contribution is 0.102. The molecule has 6 rings (SSSR count). The standard InChI is InChI=1S/C35H32N6O3/c1-21-8-12-24(13-9-21)40-34-27-15-10-22(2)31(26(27)16-17-36-34)41-35(42)29-7-5-6-28-32(29)38-20-39-33(28)37-19-23-11-14-25(43-3)18-30(23)44-4/h5-18,20H,19H2,1-4H3,(H,36,40)(H,41,42)(H,37,38,39). The van der Waals surface area contributed by atoms with Crippen LogP contribution >= 0.6 is 0 Å². The molecule has 9 heteroatoms. The summed E-state index contributed by atoms with van der Waals surface area (Å²) in [5, 5.41) is 12.5. The number of carbonyl (C=O) groups is 1. The van der Waals surface area contributed by atoms with Crippen LogP contribution < -0.4 is 25.4 Å². The van der Waals surface area contributed by atoms with Gasteiger partial charge in [0.1, 0.15) is 29.5 Å². The van der Waals surface area contributed by atoms with Crippen molar-refractivity contribution in [2.45, 2.75) is 20.4 Å². The molecule has 0 unspecified atom stereocenters. The molecule has 2 aromatic heterocycles. The molecule has 9 nitrogen and oxygen atoms in total. The number of hydrogen-bond acceptors (Lipinski definition) is 8. The zero-order valence-corrected chi connectivity index (χ0v) is 24.9. The number of nitrogens with one attached hydrogen (secondary N) is 3. The number of fused-ring (bicyclic) bond motifs is 2. The molecule has 0 radical (unpaired) electrons. The summed E-state index contributed by atoms with van der Waals surface area (Å²) < 4.78 is 10.8. The van der Waals surface area contributed by atoms with Gasteiger partial charge in [-0.25, -0.2) is 15.0 Å². The Balaban J connectivity index is 1.29. The van der Waals surface area contributed by atoms with Crippen LogP contribution in [0.2, 0.25) is 0 Å². The van der Waals surface area contributed by atoms with E-state index < -0.39 is 0 Å². The molecule has 0 bridgehead atoms. The van der Waals surface area contributed by atoms with Crippen LogP contribution in [0.4, 0.5) is 23.0 Å². The molecular formula is C35H32N6O3. The van der Waals surface area contributed by atoms with Crippen molar-refractivity contribution in [3.8, 4) is 11.5 Å². The summed E-state index contributed by atoms with van der Waals surface area (Å²) in [4.78, 5) is 27.4. The molecule has 0 saturated heterocycles. The van der Waals surface area contributed by atoms with Gasteiger partial charge in [0.15, 0.2) is 0 Å². The Morgan fingerprint density at radius 2 is 1.64 bits per heavy atom. The summed E-state index contributed by atoms with van der Waals surface area (Å²) in [6.45, 7) is 4.48. The number of rotatable bonds is 9. The molecule has 0 saturated carbocycles. The highest BCUT2D eigenvalue weighted by Crippen LogP contribution is 2.33. The number of aromatic nitrogens is 3. The number of hydrogen-bond donors (Lipinski definition) is 3. The average molecular weight is 585 g/mol. The van der Waals surface area contributed by atoms with Gasteiger partial charge in [0, 0.05) is 46.2 Å². The van der Waals surface area contributed by atoms with E-state index in [1.165, 1.54) is 11.9 Å². The SMILES string of the molecule is COc1ccc(CNc2ncnc3c(C(=O)Nc4c(C)ccc5c(Nc6ccc(C)cc6)nccc45)cccc23)c(OC)c1. The van der Waals surface area contributed by atoms with E-state index >= 15 is 0 Å². The number of aryl methyl sites for hydroxylation is 2. The van der Waals surface area contributed by atoms with E-state index in [0.29, 0.717) is 40.8 Å². The number of anilines is 4. The van der Waals surface area contributed by atoms with Gasteiger partial charge in [0.2, 0.25) is 0 Å². The van der Waals surface area contributed by atoms with E-state index in [-0.39, 0.29) is 5.91 Å². The van der Waals surface area contributed by atoms with Crippen LogP contribution in [-0.2, 0) is 6.54 Å². The summed E-state index contributed by atoms with van der Waals surface area (Å²) in [5.74, 6) is 2.47. The first-order valence-electron chi connectivity index (χ1n) is 14.2.